The first-order valence-electron chi connectivity index (χ1n) is 9.63. The lowest BCUT2D eigenvalue weighted by atomic mass is 10.2. The maximum atomic E-state index is 13.2. The van der Waals surface area contributed by atoms with Crippen molar-refractivity contribution in [3.63, 3.8) is 0 Å². The number of aliphatic hydroxyl groups excluding tert-OH is 1. The lowest BCUT2D eigenvalue weighted by molar-refractivity contribution is 0.0192. The van der Waals surface area contributed by atoms with Crippen molar-refractivity contribution in [2.24, 2.45) is 0 Å². The van der Waals surface area contributed by atoms with E-state index >= 15 is 0 Å². The zero-order valence-electron chi connectivity index (χ0n) is 16.8. The van der Waals surface area contributed by atoms with Crippen LogP contribution in [0.15, 0.2) is 65.8 Å². The van der Waals surface area contributed by atoms with Crippen LogP contribution in [0.5, 0.6) is 5.75 Å². The zero-order valence-corrected chi connectivity index (χ0v) is 16.8. The zero-order chi connectivity index (χ0) is 21.8. The molecule has 4 aromatic rings. The smallest absolute Gasteiger partial charge is 0.264 e. The van der Waals surface area contributed by atoms with Crippen molar-refractivity contribution in [2.75, 3.05) is 13.7 Å². The van der Waals surface area contributed by atoms with Crippen LogP contribution < -0.4 is 10.3 Å². The van der Waals surface area contributed by atoms with Gasteiger partial charge >= 0.3 is 0 Å². The predicted molar refractivity (Wildman–Crippen MR) is 112 cm³/mol. The maximum absolute atomic E-state index is 13.2. The minimum absolute atomic E-state index is 0.0232. The van der Waals surface area contributed by atoms with Crippen molar-refractivity contribution < 1.29 is 19.0 Å². The van der Waals surface area contributed by atoms with Gasteiger partial charge in [0.2, 0.25) is 0 Å². The molecular weight excluding hydrogens is 403 g/mol. The summed E-state index contributed by atoms with van der Waals surface area (Å²) in [4.78, 5) is 17.1. The molecule has 9 heteroatoms. The molecule has 0 saturated carbocycles. The van der Waals surface area contributed by atoms with E-state index in [0.717, 1.165) is 5.56 Å². The fourth-order valence-electron chi connectivity index (χ4n) is 3.26. The van der Waals surface area contributed by atoms with Gasteiger partial charge in [-0.05, 0) is 30.3 Å². The van der Waals surface area contributed by atoms with Crippen LogP contribution in [0.2, 0.25) is 0 Å². The van der Waals surface area contributed by atoms with Crippen LogP contribution in [0.3, 0.4) is 0 Å². The van der Waals surface area contributed by atoms with E-state index in [4.69, 9.17) is 9.47 Å². The molecule has 1 N–H and O–H groups in total. The summed E-state index contributed by atoms with van der Waals surface area (Å²) in [6.07, 6.45) is 1.86. The third kappa shape index (κ3) is 4.47. The number of aliphatic hydroxyl groups is 1. The molecular formula is C22H21FN4O4. The van der Waals surface area contributed by atoms with Gasteiger partial charge in [0.1, 0.15) is 23.3 Å². The summed E-state index contributed by atoms with van der Waals surface area (Å²) in [6, 6.07) is 13.2. The average Bonchev–Trinajstić information content (AvgIpc) is 3.21. The Morgan fingerprint density at radius 3 is 2.71 bits per heavy atom. The van der Waals surface area contributed by atoms with Crippen LogP contribution in [-0.4, -0.2) is 44.3 Å². The molecule has 0 aliphatic rings. The molecule has 2 heterocycles. The number of fused-ring (bicyclic) bond motifs is 1. The number of benzene rings is 2. The van der Waals surface area contributed by atoms with Crippen molar-refractivity contribution in [2.45, 2.75) is 19.3 Å². The minimum atomic E-state index is -0.904. The summed E-state index contributed by atoms with van der Waals surface area (Å²) in [5.41, 5.74) is 1.48. The number of hydrogen-bond donors (Lipinski definition) is 1. The third-order valence-corrected chi connectivity index (χ3v) is 4.79. The fourth-order valence-corrected chi connectivity index (χ4v) is 3.26. The second-order valence-electron chi connectivity index (χ2n) is 6.95. The molecule has 0 bridgehead atoms. The van der Waals surface area contributed by atoms with Crippen LogP contribution in [0.25, 0.3) is 16.7 Å². The quantitative estimate of drug-likeness (QED) is 0.467. The van der Waals surface area contributed by atoms with E-state index in [-0.39, 0.29) is 31.1 Å². The number of ether oxygens (including phenoxy) is 2. The maximum Gasteiger partial charge on any atom is 0.264 e. The summed E-state index contributed by atoms with van der Waals surface area (Å²) in [5.74, 6) is 0.346. The Hall–Kier alpha value is -3.56. The molecule has 1 unspecified atom stereocenters. The monoisotopic (exact) mass is 424 g/mol. The second-order valence-corrected chi connectivity index (χ2v) is 6.95. The van der Waals surface area contributed by atoms with Crippen LogP contribution in [0.1, 0.15) is 5.56 Å². The third-order valence-electron chi connectivity index (χ3n) is 4.79. The van der Waals surface area contributed by atoms with Gasteiger partial charge in [-0.2, -0.15) is 5.10 Å². The highest BCUT2D eigenvalue weighted by molar-refractivity contribution is 5.74. The summed E-state index contributed by atoms with van der Waals surface area (Å²) >= 11 is 0. The number of hydrogen-bond acceptors (Lipinski definition) is 6. The SMILES string of the molecule is COc1ccccc1COCC(O)Cn1cnc2c(cnn2-c2ccc(F)cc2)c1=O. The predicted octanol–water partition coefficient (Wildman–Crippen LogP) is 2.31. The number of halogens is 1. The molecule has 2 aromatic carbocycles. The van der Waals surface area contributed by atoms with E-state index in [1.807, 2.05) is 24.3 Å². The number of aromatic nitrogens is 4. The molecule has 8 nitrogen and oxygen atoms in total. The molecule has 1 atom stereocenters. The Bertz CT molecular complexity index is 1240. The largest absolute Gasteiger partial charge is 0.496 e. The average molecular weight is 424 g/mol. The van der Waals surface area contributed by atoms with Crippen molar-refractivity contribution in [3.05, 3.63) is 82.8 Å². The first-order valence-corrected chi connectivity index (χ1v) is 9.63. The van der Waals surface area contributed by atoms with E-state index in [1.165, 1.54) is 33.9 Å². The highest BCUT2D eigenvalue weighted by Crippen LogP contribution is 2.18. The standard InChI is InChI=1S/C22H21FN4O4/c1-30-20-5-3-2-4-15(20)12-31-13-18(28)11-26-14-24-21-19(22(26)29)10-25-27(21)17-8-6-16(23)7-9-17/h2-10,14,18,28H,11-13H2,1H3. The number of nitrogens with zero attached hydrogens (tertiary/aromatic N) is 4. The molecule has 0 amide bonds. The Balaban J connectivity index is 1.44. The van der Waals surface area contributed by atoms with Crippen LogP contribution in [-0.2, 0) is 17.9 Å². The Kier molecular flexibility index (Phi) is 6.06. The van der Waals surface area contributed by atoms with Crippen LogP contribution in [0.4, 0.5) is 4.39 Å². The highest BCUT2D eigenvalue weighted by atomic mass is 19.1. The van der Waals surface area contributed by atoms with E-state index < -0.39 is 6.10 Å². The van der Waals surface area contributed by atoms with Gasteiger partial charge in [-0.3, -0.25) is 9.36 Å². The van der Waals surface area contributed by atoms with Crippen LogP contribution >= 0.6 is 0 Å². The summed E-state index contributed by atoms with van der Waals surface area (Å²) in [7, 11) is 1.58. The lowest BCUT2D eigenvalue weighted by Crippen LogP contribution is -2.29. The summed E-state index contributed by atoms with van der Waals surface area (Å²) < 4.78 is 26.8. The Morgan fingerprint density at radius 1 is 1.16 bits per heavy atom. The van der Waals surface area contributed by atoms with Gasteiger partial charge < -0.3 is 14.6 Å². The molecule has 2 aromatic heterocycles. The summed E-state index contributed by atoms with van der Waals surface area (Å²) in [5, 5.41) is 14.8. The van der Waals surface area contributed by atoms with Crippen molar-refractivity contribution in [1.82, 2.24) is 19.3 Å². The number of rotatable bonds is 8. The highest BCUT2D eigenvalue weighted by Gasteiger charge is 2.14. The van der Waals surface area contributed by atoms with Gasteiger partial charge in [-0.15, -0.1) is 0 Å². The molecule has 31 heavy (non-hydrogen) atoms. The normalized spacial score (nSPS) is 12.2. The molecule has 160 valence electrons. The van der Waals surface area contributed by atoms with Crippen LogP contribution in [0, 0.1) is 5.82 Å². The minimum Gasteiger partial charge on any atom is -0.496 e. The van der Waals surface area contributed by atoms with Crippen molar-refractivity contribution in [1.29, 1.82) is 0 Å². The van der Waals surface area contributed by atoms with E-state index in [2.05, 4.69) is 10.1 Å². The van der Waals surface area contributed by atoms with Gasteiger partial charge in [0.15, 0.2) is 5.65 Å². The van der Waals surface area contributed by atoms with Gasteiger partial charge in [-0.1, -0.05) is 18.2 Å². The number of para-hydroxylation sites is 1. The van der Waals surface area contributed by atoms with E-state index in [9.17, 15) is 14.3 Å². The van der Waals surface area contributed by atoms with Gasteiger partial charge in [0.05, 0.1) is 44.9 Å². The van der Waals surface area contributed by atoms with Gasteiger partial charge in [0, 0.05) is 5.56 Å². The molecule has 0 spiro atoms. The first-order chi connectivity index (χ1) is 15.1. The van der Waals surface area contributed by atoms with Gasteiger partial charge in [0.25, 0.3) is 5.56 Å². The van der Waals surface area contributed by atoms with Gasteiger partial charge in [-0.25, -0.2) is 14.1 Å². The fraction of sp³-hybridized carbons (Fsp3) is 0.227. The van der Waals surface area contributed by atoms with E-state index in [0.29, 0.717) is 22.5 Å². The first kappa shape index (κ1) is 20.7. The van der Waals surface area contributed by atoms with E-state index in [1.54, 1.807) is 19.2 Å². The van der Waals surface area contributed by atoms with Crippen molar-refractivity contribution >= 4 is 11.0 Å². The van der Waals surface area contributed by atoms with Crippen molar-refractivity contribution in [3.8, 4) is 11.4 Å². The Labute approximate surface area is 177 Å². The summed E-state index contributed by atoms with van der Waals surface area (Å²) in [6.45, 7) is 0.338. The molecule has 0 fully saturated rings. The second kappa shape index (κ2) is 9.07. The topological polar surface area (TPSA) is 91.4 Å². The molecule has 0 aliphatic carbocycles. The molecule has 0 radical (unpaired) electrons. The lowest BCUT2D eigenvalue weighted by Gasteiger charge is -2.14. The molecule has 0 saturated heterocycles. The molecule has 0 aliphatic heterocycles. The Morgan fingerprint density at radius 2 is 1.94 bits per heavy atom. The number of methoxy groups -OCH3 is 1. The molecule has 4 rings (SSSR count).